The highest BCUT2D eigenvalue weighted by atomic mass is 32.1. The molecule has 0 aliphatic heterocycles. The predicted octanol–water partition coefficient (Wildman–Crippen LogP) is 2.32. The number of hydrogen-bond acceptors (Lipinski definition) is 8. The first kappa shape index (κ1) is 16.8. The summed E-state index contributed by atoms with van der Waals surface area (Å²) >= 11 is 1.19. The molecule has 0 spiro atoms. The third kappa shape index (κ3) is 4.29. The summed E-state index contributed by atoms with van der Waals surface area (Å²) in [5, 5.41) is 11.2. The van der Waals surface area contributed by atoms with E-state index in [9.17, 15) is 9.18 Å². The van der Waals surface area contributed by atoms with Crippen LogP contribution < -0.4 is 15.8 Å². The molecule has 3 N–H and O–H groups in total. The lowest BCUT2D eigenvalue weighted by Gasteiger charge is -2.08. The summed E-state index contributed by atoms with van der Waals surface area (Å²) in [5.41, 5.74) is 5.62. The van der Waals surface area contributed by atoms with Gasteiger partial charge in [-0.25, -0.2) is 9.37 Å². The quantitative estimate of drug-likeness (QED) is 0.690. The zero-order valence-electron chi connectivity index (χ0n) is 13.1. The number of benzene rings is 1. The second-order valence-electron chi connectivity index (χ2n) is 5.05. The first-order valence-corrected chi connectivity index (χ1v) is 8.05. The second kappa shape index (κ2) is 7.26. The van der Waals surface area contributed by atoms with Crippen molar-refractivity contribution >= 4 is 22.4 Å². The molecule has 0 aliphatic rings. The molecule has 0 saturated carbocycles. The monoisotopic (exact) mass is 363 g/mol. The van der Waals surface area contributed by atoms with Crippen molar-refractivity contribution in [3.8, 4) is 5.75 Å². The van der Waals surface area contributed by atoms with Gasteiger partial charge in [-0.1, -0.05) is 17.4 Å². The van der Waals surface area contributed by atoms with Crippen LogP contribution >= 0.6 is 11.3 Å². The van der Waals surface area contributed by atoms with Crippen molar-refractivity contribution in [3.05, 3.63) is 52.9 Å². The van der Waals surface area contributed by atoms with Gasteiger partial charge in [0.05, 0.1) is 6.04 Å². The molecule has 1 unspecified atom stereocenters. The van der Waals surface area contributed by atoms with Crippen LogP contribution in [0.15, 0.2) is 34.9 Å². The fourth-order valence-electron chi connectivity index (χ4n) is 1.94. The van der Waals surface area contributed by atoms with Crippen molar-refractivity contribution in [2.45, 2.75) is 19.6 Å². The standard InChI is InChI=1S/C15H14FN5O3S/c1-8(14-20-21-15(17)25-14)18-13(22)11-6-24-12(19-11)7-23-10-4-2-3-9(16)5-10/h2-6,8H,7H2,1H3,(H2,17,21)(H,18,22). The van der Waals surface area contributed by atoms with Crippen molar-refractivity contribution in [3.63, 3.8) is 0 Å². The number of nitrogens with two attached hydrogens (primary N) is 1. The molecule has 25 heavy (non-hydrogen) atoms. The topological polar surface area (TPSA) is 116 Å². The maximum absolute atomic E-state index is 13.1. The minimum absolute atomic E-state index is 0.0286. The predicted molar refractivity (Wildman–Crippen MR) is 87.4 cm³/mol. The zero-order valence-corrected chi connectivity index (χ0v) is 13.9. The first-order valence-electron chi connectivity index (χ1n) is 7.24. The van der Waals surface area contributed by atoms with Gasteiger partial charge in [-0.2, -0.15) is 0 Å². The van der Waals surface area contributed by atoms with E-state index in [2.05, 4.69) is 20.5 Å². The van der Waals surface area contributed by atoms with Gasteiger partial charge in [-0.05, 0) is 19.1 Å². The van der Waals surface area contributed by atoms with E-state index in [-0.39, 0.29) is 24.2 Å². The molecule has 1 amide bonds. The summed E-state index contributed by atoms with van der Waals surface area (Å²) in [5.74, 6) is -0.299. The summed E-state index contributed by atoms with van der Waals surface area (Å²) in [6, 6.07) is 5.32. The first-order chi connectivity index (χ1) is 12.0. The van der Waals surface area contributed by atoms with Crippen LogP contribution in [-0.4, -0.2) is 21.1 Å². The number of nitrogens with zero attached hydrogens (tertiary/aromatic N) is 3. The van der Waals surface area contributed by atoms with Crippen LogP contribution in [0.4, 0.5) is 9.52 Å². The molecule has 8 nitrogen and oxygen atoms in total. The highest BCUT2D eigenvalue weighted by Crippen LogP contribution is 2.19. The molecule has 0 saturated heterocycles. The van der Waals surface area contributed by atoms with Crippen LogP contribution in [0.25, 0.3) is 0 Å². The molecule has 0 aliphatic carbocycles. The number of ether oxygens (including phenoxy) is 1. The summed E-state index contributed by atoms with van der Waals surface area (Å²) in [6.07, 6.45) is 1.22. The smallest absolute Gasteiger partial charge is 0.273 e. The Bertz CT molecular complexity index is 881. The Kier molecular flexibility index (Phi) is 4.89. The number of carbonyl (C=O) groups excluding carboxylic acids is 1. The lowest BCUT2D eigenvalue weighted by Crippen LogP contribution is -2.26. The normalized spacial score (nSPS) is 11.9. The molecule has 0 radical (unpaired) electrons. The number of aromatic nitrogens is 3. The Balaban J connectivity index is 1.57. The lowest BCUT2D eigenvalue weighted by molar-refractivity contribution is 0.0934. The van der Waals surface area contributed by atoms with Crippen LogP contribution in [0.5, 0.6) is 5.75 Å². The minimum Gasteiger partial charge on any atom is -0.484 e. The number of halogens is 1. The number of anilines is 1. The van der Waals surface area contributed by atoms with Crippen LogP contribution in [0.2, 0.25) is 0 Å². The SMILES string of the molecule is CC(NC(=O)c1coc(COc2cccc(F)c2)n1)c1nnc(N)s1. The highest BCUT2D eigenvalue weighted by molar-refractivity contribution is 7.15. The fraction of sp³-hybridized carbons (Fsp3) is 0.200. The number of nitrogens with one attached hydrogen (secondary N) is 1. The molecule has 1 aromatic carbocycles. The summed E-state index contributed by atoms with van der Waals surface area (Å²) in [6.45, 7) is 1.73. The van der Waals surface area contributed by atoms with E-state index in [1.807, 2.05) is 0 Å². The number of amides is 1. The van der Waals surface area contributed by atoms with Crippen LogP contribution in [-0.2, 0) is 6.61 Å². The van der Waals surface area contributed by atoms with Gasteiger partial charge >= 0.3 is 0 Å². The van der Waals surface area contributed by atoms with Crippen LogP contribution in [0, 0.1) is 5.82 Å². The van der Waals surface area contributed by atoms with Crippen molar-refractivity contribution in [2.24, 2.45) is 0 Å². The van der Waals surface area contributed by atoms with E-state index in [4.69, 9.17) is 14.9 Å². The molecule has 2 heterocycles. The number of rotatable bonds is 6. The van der Waals surface area contributed by atoms with E-state index >= 15 is 0 Å². The number of carbonyl (C=O) groups is 1. The molecular formula is C15H14FN5O3S. The molecule has 1 atom stereocenters. The Morgan fingerprint density at radius 3 is 3.04 bits per heavy atom. The molecule has 0 fully saturated rings. The number of hydrogen-bond donors (Lipinski definition) is 2. The highest BCUT2D eigenvalue weighted by Gasteiger charge is 2.18. The fourth-order valence-corrected chi connectivity index (χ4v) is 2.55. The molecule has 0 bridgehead atoms. The molecular weight excluding hydrogens is 349 g/mol. The number of oxazole rings is 1. The Labute approximate surface area is 145 Å². The zero-order chi connectivity index (χ0) is 17.8. The average Bonchev–Trinajstić information content (AvgIpc) is 3.22. The van der Waals surface area contributed by atoms with Gasteiger partial charge in [0.15, 0.2) is 12.3 Å². The average molecular weight is 363 g/mol. The van der Waals surface area contributed by atoms with Gasteiger partial charge in [-0.15, -0.1) is 10.2 Å². The summed E-state index contributed by atoms with van der Waals surface area (Å²) in [7, 11) is 0. The molecule has 10 heteroatoms. The van der Waals surface area contributed by atoms with Crippen molar-refractivity contribution in [1.82, 2.24) is 20.5 Å². The van der Waals surface area contributed by atoms with Crippen molar-refractivity contribution < 1.29 is 18.3 Å². The van der Waals surface area contributed by atoms with Crippen LogP contribution in [0.1, 0.15) is 34.4 Å². The maximum atomic E-state index is 13.1. The lowest BCUT2D eigenvalue weighted by atomic mass is 10.3. The largest absolute Gasteiger partial charge is 0.484 e. The molecule has 2 aromatic heterocycles. The van der Waals surface area contributed by atoms with Gasteiger partial charge in [0.1, 0.15) is 22.8 Å². The van der Waals surface area contributed by atoms with E-state index in [1.165, 1.54) is 35.8 Å². The van der Waals surface area contributed by atoms with E-state index in [1.54, 1.807) is 13.0 Å². The van der Waals surface area contributed by atoms with Gasteiger partial charge in [0.25, 0.3) is 5.91 Å². The minimum atomic E-state index is -0.429. The third-order valence-corrected chi connectivity index (χ3v) is 4.05. The molecule has 3 rings (SSSR count). The van der Waals surface area contributed by atoms with Gasteiger partial charge in [0, 0.05) is 6.07 Å². The Morgan fingerprint density at radius 2 is 2.32 bits per heavy atom. The van der Waals surface area contributed by atoms with Crippen LogP contribution in [0.3, 0.4) is 0 Å². The van der Waals surface area contributed by atoms with Gasteiger partial charge in [-0.3, -0.25) is 4.79 Å². The third-order valence-electron chi connectivity index (χ3n) is 3.12. The Morgan fingerprint density at radius 1 is 1.48 bits per heavy atom. The van der Waals surface area contributed by atoms with Crippen molar-refractivity contribution in [1.29, 1.82) is 0 Å². The molecule has 130 valence electrons. The van der Waals surface area contributed by atoms with E-state index < -0.39 is 11.7 Å². The van der Waals surface area contributed by atoms with E-state index in [0.717, 1.165) is 0 Å². The summed E-state index contributed by atoms with van der Waals surface area (Å²) in [4.78, 5) is 16.2. The van der Waals surface area contributed by atoms with Gasteiger partial charge in [0.2, 0.25) is 11.0 Å². The molecule has 3 aromatic rings. The van der Waals surface area contributed by atoms with Gasteiger partial charge < -0.3 is 20.2 Å². The maximum Gasteiger partial charge on any atom is 0.273 e. The van der Waals surface area contributed by atoms with E-state index in [0.29, 0.717) is 15.9 Å². The van der Waals surface area contributed by atoms with Crippen molar-refractivity contribution in [2.75, 3.05) is 5.73 Å². The number of nitrogen functional groups attached to an aromatic ring is 1. The summed E-state index contributed by atoms with van der Waals surface area (Å²) < 4.78 is 23.6. The Hall–Kier alpha value is -3.01. The second-order valence-corrected chi connectivity index (χ2v) is 6.09.